The van der Waals surface area contributed by atoms with Crippen LogP contribution < -0.4 is 15.4 Å². The lowest BCUT2D eigenvalue weighted by atomic mass is 10.1. The first kappa shape index (κ1) is 15.4. The molecule has 2 rings (SSSR count). The summed E-state index contributed by atoms with van der Waals surface area (Å²) in [6.45, 7) is 4.06. The molecule has 0 radical (unpaired) electrons. The molecule has 0 bridgehead atoms. The van der Waals surface area contributed by atoms with Gasteiger partial charge in [0.25, 0.3) is 0 Å². The van der Waals surface area contributed by atoms with Crippen LogP contribution in [0.3, 0.4) is 0 Å². The summed E-state index contributed by atoms with van der Waals surface area (Å²) < 4.78 is 5.55. The molecule has 2 aromatic carbocycles. The lowest BCUT2D eigenvalue weighted by Gasteiger charge is -2.12. The summed E-state index contributed by atoms with van der Waals surface area (Å²) in [7, 11) is 0. The van der Waals surface area contributed by atoms with Crippen molar-refractivity contribution < 1.29 is 9.53 Å². The first-order chi connectivity index (χ1) is 10.6. The summed E-state index contributed by atoms with van der Waals surface area (Å²) in [6, 6.07) is 14.1. The molecule has 0 aliphatic carbocycles. The molecule has 0 aromatic heterocycles. The monoisotopic (exact) mass is 295 g/mol. The molecule has 2 amide bonds. The van der Waals surface area contributed by atoms with Crippen molar-refractivity contribution in [3.63, 3.8) is 0 Å². The van der Waals surface area contributed by atoms with Crippen molar-refractivity contribution in [2.75, 3.05) is 12.0 Å². The van der Waals surface area contributed by atoms with E-state index in [0.717, 1.165) is 16.9 Å². The van der Waals surface area contributed by atoms with Gasteiger partial charge in [0.2, 0.25) is 0 Å². The van der Waals surface area contributed by atoms with E-state index >= 15 is 0 Å². The molecule has 0 aliphatic heterocycles. The smallest absolute Gasteiger partial charge is 0.321 e. The van der Waals surface area contributed by atoms with Crippen LogP contribution in [0.4, 0.5) is 10.5 Å². The maximum Gasteiger partial charge on any atom is 0.321 e. The number of carbonyl (C=O) groups is 1. The van der Waals surface area contributed by atoms with Crippen molar-refractivity contribution in [3.8, 4) is 11.8 Å². The fraction of sp³-hybridized carbons (Fsp3) is 0.176. The molecular formula is C17H17N3O2. The van der Waals surface area contributed by atoms with Crippen LogP contribution in [-0.4, -0.2) is 12.8 Å². The van der Waals surface area contributed by atoms with Crippen LogP contribution in [0.5, 0.6) is 5.75 Å². The highest BCUT2D eigenvalue weighted by Gasteiger charge is 2.04. The van der Waals surface area contributed by atoms with Crippen LogP contribution in [0.1, 0.15) is 16.7 Å². The van der Waals surface area contributed by atoms with Gasteiger partial charge in [-0.1, -0.05) is 12.1 Å². The number of rotatable bonds is 4. The number of ether oxygens (including phenoxy) is 1. The molecule has 5 nitrogen and oxygen atoms in total. The number of nitrogens with one attached hydrogen (secondary N) is 2. The average Bonchev–Trinajstić information content (AvgIpc) is 2.52. The second kappa shape index (κ2) is 7.14. The fourth-order valence-electron chi connectivity index (χ4n) is 1.86. The molecule has 2 N–H and O–H groups in total. The zero-order valence-corrected chi connectivity index (χ0v) is 12.5. The van der Waals surface area contributed by atoms with Gasteiger partial charge in [-0.3, -0.25) is 0 Å². The molecular weight excluding hydrogens is 278 g/mol. The van der Waals surface area contributed by atoms with Crippen molar-refractivity contribution >= 4 is 11.7 Å². The Bertz CT molecular complexity index is 703. The molecule has 0 spiro atoms. The van der Waals surface area contributed by atoms with Gasteiger partial charge >= 0.3 is 6.03 Å². The van der Waals surface area contributed by atoms with E-state index in [0.29, 0.717) is 11.3 Å². The lowest BCUT2D eigenvalue weighted by molar-refractivity contribution is 0.234. The van der Waals surface area contributed by atoms with Crippen molar-refractivity contribution in [3.05, 3.63) is 59.2 Å². The van der Waals surface area contributed by atoms with E-state index in [1.807, 2.05) is 38.1 Å². The number of urea groups is 1. The molecule has 0 unspecified atom stereocenters. The van der Waals surface area contributed by atoms with Crippen molar-refractivity contribution in [1.82, 2.24) is 5.32 Å². The Labute approximate surface area is 129 Å². The number of anilines is 1. The van der Waals surface area contributed by atoms with Gasteiger partial charge in [0.1, 0.15) is 5.75 Å². The van der Waals surface area contributed by atoms with Crippen LogP contribution in [0, 0.1) is 25.2 Å². The number of amides is 2. The van der Waals surface area contributed by atoms with Gasteiger partial charge in [-0.25, -0.2) is 4.79 Å². The number of aryl methyl sites for hydroxylation is 1. The Morgan fingerprint density at radius 1 is 1.18 bits per heavy atom. The second-order valence-electron chi connectivity index (χ2n) is 4.81. The lowest BCUT2D eigenvalue weighted by Crippen LogP contribution is -2.32. The summed E-state index contributed by atoms with van der Waals surface area (Å²) in [5, 5.41) is 14.0. The first-order valence-corrected chi connectivity index (χ1v) is 6.84. The van der Waals surface area contributed by atoms with E-state index in [-0.39, 0.29) is 12.8 Å². The van der Waals surface area contributed by atoms with Crippen molar-refractivity contribution in [2.24, 2.45) is 0 Å². The van der Waals surface area contributed by atoms with Gasteiger partial charge in [0, 0.05) is 5.69 Å². The highest BCUT2D eigenvalue weighted by molar-refractivity contribution is 5.89. The summed E-state index contributed by atoms with van der Waals surface area (Å²) in [5.74, 6) is 0.749. The van der Waals surface area contributed by atoms with Gasteiger partial charge < -0.3 is 15.4 Å². The second-order valence-corrected chi connectivity index (χ2v) is 4.81. The molecule has 0 saturated heterocycles. The molecule has 22 heavy (non-hydrogen) atoms. The molecule has 0 heterocycles. The average molecular weight is 295 g/mol. The number of benzene rings is 2. The number of nitriles is 1. The van der Waals surface area contributed by atoms with E-state index in [1.165, 1.54) is 0 Å². The highest BCUT2D eigenvalue weighted by atomic mass is 16.5. The first-order valence-electron chi connectivity index (χ1n) is 6.84. The number of hydrogen-bond acceptors (Lipinski definition) is 3. The third-order valence-electron chi connectivity index (χ3n) is 3.29. The SMILES string of the molecule is Cc1cccc(OCNC(=O)Nc2ccc(C#N)cc2)c1C. The Kier molecular flexibility index (Phi) is 4.99. The van der Waals surface area contributed by atoms with Gasteiger partial charge in [0.15, 0.2) is 6.73 Å². The quantitative estimate of drug-likeness (QED) is 0.850. The molecule has 2 aromatic rings. The third-order valence-corrected chi connectivity index (χ3v) is 3.29. The van der Waals surface area contributed by atoms with E-state index in [9.17, 15) is 4.79 Å². The van der Waals surface area contributed by atoms with E-state index in [1.54, 1.807) is 24.3 Å². The van der Waals surface area contributed by atoms with Crippen molar-refractivity contribution in [2.45, 2.75) is 13.8 Å². The predicted molar refractivity (Wildman–Crippen MR) is 84.7 cm³/mol. The summed E-state index contributed by atoms with van der Waals surface area (Å²) in [5.41, 5.74) is 3.35. The van der Waals surface area contributed by atoms with E-state index < -0.39 is 0 Å². The number of nitrogens with zero attached hydrogens (tertiary/aromatic N) is 1. The molecule has 5 heteroatoms. The van der Waals surface area contributed by atoms with Crippen LogP contribution in [-0.2, 0) is 0 Å². The maximum absolute atomic E-state index is 11.7. The molecule has 0 aliphatic rings. The van der Waals surface area contributed by atoms with E-state index in [2.05, 4.69) is 10.6 Å². The van der Waals surface area contributed by atoms with Crippen LogP contribution >= 0.6 is 0 Å². The topological polar surface area (TPSA) is 74.2 Å². The van der Waals surface area contributed by atoms with E-state index in [4.69, 9.17) is 10.00 Å². The summed E-state index contributed by atoms with van der Waals surface area (Å²) in [4.78, 5) is 11.7. The van der Waals surface area contributed by atoms with Gasteiger partial charge in [-0.2, -0.15) is 5.26 Å². The Balaban J connectivity index is 1.82. The van der Waals surface area contributed by atoms with Gasteiger partial charge in [0.05, 0.1) is 11.6 Å². The van der Waals surface area contributed by atoms with Gasteiger partial charge in [-0.15, -0.1) is 0 Å². The Morgan fingerprint density at radius 2 is 1.91 bits per heavy atom. The molecule has 0 saturated carbocycles. The third kappa shape index (κ3) is 4.00. The minimum Gasteiger partial charge on any atom is -0.473 e. The van der Waals surface area contributed by atoms with Gasteiger partial charge in [-0.05, 0) is 55.3 Å². The van der Waals surface area contributed by atoms with Crippen LogP contribution in [0.2, 0.25) is 0 Å². The maximum atomic E-state index is 11.7. The minimum absolute atomic E-state index is 0.0758. The summed E-state index contributed by atoms with van der Waals surface area (Å²) in [6.07, 6.45) is 0. The fourth-order valence-corrected chi connectivity index (χ4v) is 1.86. The molecule has 112 valence electrons. The predicted octanol–water partition coefficient (Wildman–Crippen LogP) is 3.33. The molecule has 0 atom stereocenters. The normalized spacial score (nSPS) is 9.68. The van der Waals surface area contributed by atoms with Crippen molar-refractivity contribution in [1.29, 1.82) is 5.26 Å². The number of carbonyl (C=O) groups excluding carboxylic acids is 1. The molecule has 0 fully saturated rings. The Morgan fingerprint density at radius 3 is 2.59 bits per heavy atom. The standard InChI is InChI=1S/C17H17N3O2/c1-12-4-3-5-16(13(12)2)22-11-19-17(21)20-15-8-6-14(10-18)7-9-15/h3-9H,11H2,1-2H3,(H2,19,20,21). The zero-order valence-electron chi connectivity index (χ0n) is 12.5. The minimum atomic E-state index is -0.366. The summed E-state index contributed by atoms with van der Waals surface area (Å²) >= 11 is 0. The largest absolute Gasteiger partial charge is 0.473 e. The zero-order chi connectivity index (χ0) is 15.9. The van der Waals surface area contributed by atoms with Crippen LogP contribution in [0.25, 0.3) is 0 Å². The highest BCUT2D eigenvalue weighted by Crippen LogP contribution is 2.20. The van der Waals surface area contributed by atoms with Crippen LogP contribution in [0.15, 0.2) is 42.5 Å². The number of hydrogen-bond donors (Lipinski definition) is 2. The Hall–Kier alpha value is -3.00.